The van der Waals surface area contributed by atoms with Crippen molar-refractivity contribution in [3.05, 3.63) is 93.9 Å². The average Bonchev–Trinajstić information content (AvgIpc) is 3.16. The lowest BCUT2D eigenvalue weighted by Gasteiger charge is -2.19. The summed E-state index contributed by atoms with van der Waals surface area (Å²) in [5.41, 5.74) is 4.17. The summed E-state index contributed by atoms with van der Waals surface area (Å²) in [5, 5.41) is 0.904. The van der Waals surface area contributed by atoms with Crippen LogP contribution in [0.3, 0.4) is 0 Å². The van der Waals surface area contributed by atoms with E-state index in [1.54, 1.807) is 23.5 Å². The van der Waals surface area contributed by atoms with E-state index in [1.165, 1.54) is 4.88 Å². The number of hydrogen-bond acceptors (Lipinski definition) is 3. The van der Waals surface area contributed by atoms with Crippen molar-refractivity contribution in [1.29, 1.82) is 0 Å². The molecule has 0 amide bonds. The quantitative estimate of drug-likeness (QED) is 0.388. The Balaban J connectivity index is 1.90. The van der Waals surface area contributed by atoms with Crippen LogP contribution in [0.2, 0.25) is 0 Å². The molecule has 0 unspecified atom stereocenters. The summed E-state index contributed by atoms with van der Waals surface area (Å²) in [7, 11) is 0. The van der Waals surface area contributed by atoms with Gasteiger partial charge in [0.2, 0.25) is 0 Å². The number of rotatable bonds is 2. The van der Waals surface area contributed by atoms with Gasteiger partial charge in [-0.3, -0.25) is 9.59 Å². The standard InChI is InChI=1S/C24H16O2S/c1-2-15-12-20-21-19(22(25)16-10-6-7-11-17(16)23(21)26)13-18(24(20)27-15)14-8-4-3-5-9-14/h3-13H,2H2,1H3. The molecule has 27 heavy (non-hydrogen) atoms. The van der Waals surface area contributed by atoms with Gasteiger partial charge in [0.05, 0.1) is 0 Å². The van der Waals surface area contributed by atoms with Crippen LogP contribution in [0.5, 0.6) is 0 Å². The van der Waals surface area contributed by atoms with Gasteiger partial charge in [0.15, 0.2) is 11.6 Å². The Morgan fingerprint density at radius 2 is 1.41 bits per heavy atom. The normalized spacial score (nSPS) is 12.9. The number of thiophene rings is 1. The van der Waals surface area contributed by atoms with Gasteiger partial charge in [-0.2, -0.15) is 0 Å². The highest BCUT2D eigenvalue weighted by Gasteiger charge is 2.32. The Hall–Kier alpha value is -3.04. The largest absolute Gasteiger partial charge is 0.289 e. The van der Waals surface area contributed by atoms with Gasteiger partial charge >= 0.3 is 0 Å². The summed E-state index contributed by atoms with van der Waals surface area (Å²) in [4.78, 5) is 27.7. The minimum atomic E-state index is -0.0662. The summed E-state index contributed by atoms with van der Waals surface area (Å²) in [6.45, 7) is 2.11. The van der Waals surface area contributed by atoms with Crippen LogP contribution in [0.1, 0.15) is 43.6 Å². The van der Waals surface area contributed by atoms with Crippen molar-refractivity contribution in [2.24, 2.45) is 0 Å². The highest BCUT2D eigenvalue weighted by molar-refractivity contribution is 7.19. The van der Waals surface area contributed by atoms with Gasteiger partial charge in [-0.1, -0.05) is 61.5 Å². The Labute approximate surface area is 161 Å². The first-order valence-electron chi connectivity index (χ1n) is 9.02. The third kappa shape index (κ3) is 2.32. The Morgan fingerprint density at radius 3 is 2.11 bits per heavy atom. The average molecular weight is 368 g/mol. The van der Waals surface area contributed by atoms with Crippen molar-refractivity contribution in [2.45, 2.75) is 13.3 Å². The second-order valence-electron chi connectivity index (χ2n) is 6.73. The van der Waals surface area contributed by atoms with E-state index in [0.717, 1.165) is 27.6 Å². The van der Waals surface area contributed by atoms with E-state index in [4.69, 9.17) is 0 Å². The lowest BCUT2D eigenvalue weighted by Crippen LogP contribution is -2.21. The van der Waals surface area contributed by atoms with Crippen LogP contribution < -0.4 is 0 Å². The molecule has 1 aliphatic carbocycles. The fourth-order valence-corrected chi connectivity index (χ4v) is 4.98. The van der Waals surface area contributed by atoms with E-state index in [0.29, 0.717) is 22.3 Å². The number of benzene rings is 3. The maximum Gasteiger partial charge on any atom is 0.195 e. The Morgan fingerprint density at radius 1 is 0.741 bits per heavy atom. The Bertz CT molecular complexity index is 1230. The molecule has 0 spiro atoms. The maximum atomic E-state index is 13.3. The molecule has 0 aliphatic heterocycles. The van der Waals surface area contributed by atoms with Gasteiger partial charge in [-0.05, 0) is 24.1 Å². The molecule has 0 atom stereocenters. The molecular formula is C24H16O2S. The SMILES string of the molecule is CCc1cc2c3c(cc(-c4ccccc4)c2s1)C(=O)c1ccccc1C3=O. The summed E-state index contributed by atoms with van der Waals surface area (Å²) >= 11 is 1.71. The molecule has 0 radical (unpaired) electrons. The lowest BCUT2D eigenvalue weighted by molar-refractivity contribution is 0.0980. The predicted octanol–water partition coefficient (Wildman–Crippen LogP) is 5.91. The zero-order valence-electron chi connectivity index (χ0n) is 14.8. The zero-order chi connectivity index (χ0) is 18.5. The molecule has 1 aliphatic rings. The summed E-state index contributed by atoms with van der Waals surface area (Å²) in [5.74, 6) is -0.117. The smallest absolute Gasteiger partial charge is 0.195 e. The van der Waals surface area contributed by atoms with Gasteiger partial charge < -0.3 is 0 Å². The van der Waals surface area contributed by atoms with E-state index in [2.05, 4.69) is 25.1 Å². The topological polar surface area (TPSA) is 34.1 Å². The van der Waals surface area contributed by atoms with Crippen LogP contribution in [0.4, 0.5) is 0 Å². The van der Waals surface area contributed by atoms with E-state index < -0.39 is 0 Å². The molecule has 130 valence electrons. The van der Waals surface area contributed by atoms with E-state index in [9.17, 15) is 9.59 Å². The molecule has 0 bridgehead atoms. The Kier molecular flexibility index (Phi) is 3.59. The molecule has 5 rings (SSSR count). The fraction of sp³-hybridized carbons (Fsp3) is 0.0833. The van der Waals surface area contributed by atoms with Crippen molar-refractivity contribution in [3.63, 3.8) is 0 Å². The molecule has 3 heteroatoms. The molecule has 3 aromatic carbocycles. The molecule has 0 saturated carbocycles. The van der Waals surface area contributed by atoms with Crippen LogP contribution in [-0.4, -0.2) is 11.6 Å². The summed E-state index contributed by atoms with van der Waals surface area (Å²) < 4.78 is 1.08. The number of ketones is 2. The van der Waals surface area contributed by atoms with Crippen molar-refractivity contribution in [2.75, 3.05) is 0 Å². The summed E-state index contributed by atoms with van der Waals surface area (Å²) in [6.07, 6.45) is 0.904. The van der Waals surface area contributed by atoms with Crippen LogP contribution >= 0.6 is 11.3 Å². The second-order valence-corrected chi connectivity index (χ2v) is 7.86. The monoisotopic (exact) mass is 368 g/mol. The first-order chi connectivity index (χ1) is 13.2. The molecule has 2 nitrogen and oxygen atoms in total. The third-order valence-electron chi connectivity index (χ3n) is 5.18. The molecular weight excluding hydrogens is 352 g/mol. The number of hydrogen-bond donors (Lipinski definition) is 0. The molecule has 1 heterocycles. The molecule has 0 N–H and O–H groups in total. The highest BCUT2D eigenvalue weighted by atomic mass is 32.1. The van der Waals surface area contributed by atoms with Crippen LogP contribution in [-0.2, 0) is 6.42 Å². The van der Waals surface area contributed by atoms with E-state index >= 15 is 0 Å². The van der Waals surface area contributed by atoms with Crippen molar-refractivity contribution in [3.8, 4) is 11.1 Å². The van der Waals surface area contributed by atoms with Crippen molar-refractivity contribution in [1.82, 2.24) is 0 Å². The molecule has 4 aromatic rings. The van der Waals surface area contributed by atoms with Crippen LogP contribution in [0.25, 0.3) is 21.2 Å². The predicted molar refractivity (Wildman–Crippen MR) is 110 cm³/mol. The number of fused-ring (bicyclic) bond motifs is 4. The second kappa shape index (κ2) is 6.00. The highest BCUT2D eigenvalue weighted by Crippen LogP contribution is 2.42. The van der Waals surface area contributed by atoms with Gasteiger partial charge in [0.25, 0.3) is 0 Å². The zero-order valence-corrected chi connectivity index (χ0v) is 15.6. The molecule has 0 fully saturated rings. The van der Waals surface area contributed by atoms with E-state index in [-0.39, 0.29) is 11.6 Å². The maximum absolute atomic E-state index is 13.3. The van der Waals surface area contributed by atoms with Crippen LogP contribution in [0.15, 0.2) is 66.7 Å². The minimum Gasteiger partial charge on any atom is -0.289 e. The van der Waals surface area contributed by atoms with Gasteiger partial charge in [-0.15, -0.1) is 11.3 Å². The van der Waals surface area contributed by atoms with Gasteiger partial charge in [0.1, 0.15) is 0 Å². The number of aryl methyl sites for hydroxylation is 1. The number of carbonyl (C=O) groups excluding carboxylic acids is 2. The van der Waals surface area contributed by atoms with Gasteiger partial charge in [-0.25, -0.2) is 0 Å². The fourth-order valence-electron chi connectivity index (χ4n) is 3.84. The van der Waals surface area contributed by atoms with E-state index in [1.807, 2.05) is 36.4 Å². The van der Waals surface area contributed by atoms with Crippen LogP contribution in [0, 0.1) is 0 Å². The lowest BCUT2D eigenvalue weighted by atomic mass is 9.81. The number of carbonyl (C=O) groups is 2. The molecule has 1 aromatic heterocycles. The van der Waals surface area contributed by atoms with Gasteiger partial charge in [0, 0.05) is 42.8 Å². The minimum absolute atomic E-state index is 0.0507. The summed E-state index contributed by atoms with van der Waals surface area (Å²) in [6, 6.07) is 21.2. The molecule has 0 saturated heterocycles. The first-order valence-corrected chi connectivity index (χ1v) is 9.84. The van der Waals surface area contributed by atoms with Crippen molar-refractivity contribution >= 4 is 33.0 Å². The first kappa shape index (κ1) is 16.2. The van der Waals surface area contributed by atoms with Crippen molar-refractivity contribution < 1.29 is 9.59 Å². The third-order valence-corrected chi connectivity index (χ3v) is 6.49.